The molecule has 1 aliphatic carbocycles. The van der Waals surface area contributed by atoms with Crippen LogP contribution in [-0.2, 0) is 9.47 Å². The zero-order valence-corrected chi connectivity index (χ0v) is 15.1. The lowest BCUT2D eigenvalue weighted by molar-refractivity contribution is -0.261. The summed E-state index contributed by atoms with van der Waals surface area (Å²) in [6, 6.07) is 0.0648. The molecule has 1 saturated carbocycles. The van der Waals surface area contributed by atoms with Gasteiger partial charge in [-0.25, -0.2) is 0 Å². The average Bonchev–Trinajstić information content (AvgIpc) is 2.53. The van der Waals surface area contributed by atoms with Gasteiger partial charge in [-0.3, -0.25) is 0 Å². The number of aliphatic hydroxyl groups is 1. The smallest absolute Gasteiger partial charge is 0.185 e. The van der Waals surface area contributed by atoms with Gasteiger partial charge in [-0.15, -0.1) is 0 Å². The van der Waals surface area contributed by atoms with E-state index in [4.69, 9.17) is 9.47 Å². The molecule has 23 heavy (non-hydrogen) atoms. The van der Waals surface area contributed by atoms with E-state index in [9.17, 15) is 5.11 Å². The average molecular weight is 328 g/mol. The maximum Gasteiger partial charge on any atom is 0.185 e. The molecule has 0 aromatic rings. The van der Waals surface area contributed by atoms with Crippen LogP contribution in [0.15, 0.2) is 0 Å². The van der Waals surface area contributed by atoms with Crippen molar-refractivity contribution < 1.29 is 14.6 Å². The second kappa shape index (κ2) is 10.7. The van der Waals surface area contributed by atoms with Crippen LogP contribution in [0, 0.1) is 0 Å². The fourth-order valence-electron chi connectivity index (χ4n) is 3.90. The molecule has 2 rings (SSSR count). The SMILES string of the molecule is CNC1CC(C)O[C@@H](OC2CCCCCCCCCCC2)C1O. The maximum atomic E-state index is 10.5. The third-order valence-electron chi connectivity index (χ3n) is 5.39. The molecule has 1 saturated heterocycles. The van der Waals surface area contributed by atoms with Crippen molar-refractivity contribution >= 4 is 0 Å². The molecule has 0 spiro atoms. The van der Waals surface area contributed by atoms with Crippen LogP contribution in [0.25, 0.3) is 0 Å². The summed E-state index contributed by atoms with van der Waals surface area (Å²) in [5.41, 5.74) is 0. The highest BCUT2D eigenvalue weighted by atomic mass is 16.7. The third-order valence-corrected chi connectivity index (χ3v) is 5.39. The first-order chi connectivity index (χ1) is 11.2. The Kier molecular flexibility index (Phi) is 8.88. The maximum absolute atomic E-state index is 10.5. The minimum atomic E-state index is -0.572. The Morgan fingerprint density at radius 3 is 1.96 bits per heavy atom. The first-order valence-corrected chi connectivity index (χ1v) is 9.87. The van der Waals surface area contributed by atoms with Gasteiger partial charge in [-0.2, -0.15) is 0 Å². The number of ether oxygens (including phenoxy) is 2. The predicted octanol–water partition coefficient (Wildman–Crippen LogP) is 3.76. The third kappa shape index (κ3) is 6.69. The standard InChI is InChI=1S/C19H37NO3/c1-15-14-17(20-2)18(21)19(22-15)23-16-12-10-8-6-4-3-5-7-9-11-13-16/h15-21H,3-14H2,1-2H3/t15?,17?,18?,19-/m0/s1. The van der Waals surface area contributed by atoms with Gasteiger partial charge in [0.1, 0.15) is 6.10 Å². The Bertz CT molecular complexity index is 301. The summed E-state index contributed by atoms with van der Waals surface area (Å²) >= 11 is 0. The van der Waals surface area contributed by atoms with E-state index in [0.717, 1.165) is 19.3 Å². The van der Waals surface area contributed by atoms with Crippen molar-refractivity contribution in [2.45, 2.75) is 115 Å². The van der Waals surface area contributed by atoms with Gasteiger partial charge in [0.15, 0.2) is 6.29 Å². The molecule has 4 atom stereocenters. The van der Waals surface area contributed by atoms with Gasteiger partial charge in [-0.1, -0.05) is 57.8 Å². The van der Waals surface area contributed by atoms with Crippen molar-refractivity contribution in [2.75, 3.05) is 7.05 Å². The molecular formula is C19H37NO3. The van der Waals surface area contributed by atoms with Gasteiger partial charge in [-0.05, 0) is 33.2 Å². The van der Waals surface area contributed by atoms with Crippen LogP contribution < -0.4 is 5.32 Å². The van der Waals surface area contributed by atoms with Crippen LogP contribution in [-0.4, -0.2) is 42.8 Å². The molecule has 2 aliphatic rings. The number of aliphatic hydroxyl groups excluding tert-OH is 1. The van der Waals surface area contributed by atoms with Crippen molar-refractivity contribution in [3.05, 3.63) is 0 Å². The summed E-state index contributed by atoms with van der Waals surface area (Å²) in [6.07, 6.45) is 14.3. The van der Waals surface area contributed by atoms with Crippen molar-refractivity contribution in [2.24, 2.45) is 0 Å². The monoisotopic (exact) mass is 327 g/mol. The second-order valence-corrected chi connectivity index (χ2v) is 7.45. The topological polar surface area (TPSA) is 50.7 Å². The van der Waals surface area contributed by atoms with E-state index in [0.29, 0.717) is 0 Å². The molecule has 4 heteroatoms. The molecule has 2 N–H and O–H groups in total. The summed E-state index contributed by atoms with van der Waals surface area (Å²) in [4.78, 5) is 0. The number of nitrogens with one attached hydrogen (secondary N) is 1. The molecule has 2 fully saturated rings. The Morgan fingerprint density at radius 1 is 0.913 bits per heavy atom. The first kappa shape index (κ1) is 19.2. The number of likely N-dealkylation sites (N-methyl/N-ethyl adjacent to an activating group) is 1. The van der Waals surface area contributed by atoms with Crippen molar-refractivity contribution in [3.63, 3.8) is 0 Å². The van der Waals surface area contributed by atoms with E-state index in [-0.39, 0.29) is 18.2 Å². The largest absolute Gasteiger partial charge is 0.386 e. The van der Waals surface area contributed by atoms with E-state index < -0.39 is 12.4 Å². The van der Waals surface area contributed by atoms with E-state index >= 15 is 0 Å². The highest BCUT2D eigenvalue weighted by Gasteiger charge is 2.37. The summed E-state index contributed by atoms with van der Waals surface area (Å²) < 4.78 is 12.1. The molecule has 0 aromatic carbocycles. The van der Waals surface area contributed by atoms with Gasteiger partial charge >= 0.3 is 0 Å². The fourth-order valence-corrected chi connectivity index (χ4v) is 3.90. The molecule has 136 valence electrons. The van der Waals surface area contributed by atoms with Gasteiger partial charge in [0, 0.05) is 6.04 Å². The lowest BCUT2D eigenvalue weighted by Gasteiger charge is -2.39. The molecular weight excluding hydrogens is 290 g/mol. The highest BCUT2D eigenvalue weighted by molar-refractivity contribution is 4.85. The van der Waals surface area contributed by atoms with Crippen LogP contribution >= 0.6 is 0 Å². The van der Waals surface area contributed by atoms with E-state index in [2.05, 4.69) is 12.2 Å². The van der Waals surface area contributed by atoms with Crippen molar-refractivity contribution in [1.82, 2.24) is 5.32 Å². The van der Waals surface area contributed by atoms with Crippen LogP contribution in [0.5, 0.6) is 0 Å². The van der Waals surface area contributed by atoms with Crippen molar-refractivity contribution in [1.29, 1.82) is 0 Å². The number of rotatable bonds is 3. The van der Waals surface area contributed by atoms with E-state index in [1.807, 2.05) is 7.05 Å². The highest BCUT2D eigenvalue weighted by Crippen LogP contribution is 2.25. The number of hydrogen-bond donors (Lipinski definition) is 2. The van der Waals surface area contributed by atoms with Crippen molar-refractivity contribution in [3.8, 4) is 0 Å². The molecule has 1 aliphatic heterocycles. The Morgan fingerprint density at radius 2 is 1.43 bits per heavy atom. The zero-order chi connectivity index (χ0) is 16.5. The molecule has 0 aromatic heterocycles. The quantitative estimate of drug-likeness (QED) is 0.829. The minimum Gasteiger partial charge on any atom is -0.386 e. The second-order valence-electron chi connectivity index (χ2n) is 7.45. The Hall–Kier alpha value is -0.160. The van der Waals surface area contributed by atoms with E-state index in [1.54, 1.807) is 0 Å². The fraction of sp³-hybridized carbons (Fsp3) is 1.00. The molecule has 3 unspecified atom stereocenters. The zero-order valence-electron chi connectivity index (χ0n) is 15.1. The lowest BCUT2D eigenvalue weighted by Crippen LogP contribution is -2.54. The Balaban J connectivity index is 1.85. The van der Waals surface area contributed by atoms with Gasteiger partial charge in [0.25, 0.3) is 0 Å². The Labute approximate surface area is 142 Å². The van der Waals surface area contributed by atoms with Gasteiger partial charge < -0.3 is 19.9 Å². The summed E-state index contributed by atoms with van der Waals surface area (Å²) in [5, 5.41) is 13.7. The summed E-state index contributed by atoms with van der Waals surface area (Å²) in [7, 11) is 1.90. The van der Waals surface area contributed by atoms with Gasteiger partial charge in [0.05, 0.1) is 12.2 Å². The van der Waals surface area contributed by atoms with Gasteiger partial charge in [0.2, 0.25) is 0 Å². The molecule has 0 amide bonds. The summed E-state index contributed by atoms with van der Waals surface area (Å²) in [5.74, 6) is 0. The number of hydrogen-bond acceptors (Lipinski definition) is 4. The molecule has 4 nitrogen and oxygen atoms in total. The normalized spacial score (nSPS) is 36.1. The van der Waals surface area contributed by atoms with Crippen LogP contribution in [0.2, 0.25) is 0 Å². The minimum absolute atomic E-state index is 0.0648. The summed E-state index contributed by atoms with van der Waals surface area (Å²) in [6.45, 7) is 2.06. The lowest BCUT2D eigenvalue weighted by atomic mass is 9.98. The molecule has 0 bridgehead atoms. The van der Waals surface area contributed by atoms with Crippen LogP contribution in [0.1, 0.15) is 84.0 Å². The predicted molar refractivity (Wildman–Crippen MR) is 93.5 cm³/mol. The molecule has 0 radical (unpaired) electrons. The van der Waals surface area contributed by atoms with Crippen LogP contribution in [0.4, 0.5) is 0 Å². The molecule has 1 heterocycles. The van der Waals surface area contributed by atoms with Crippen LogP contribution in [0.3, 0.4) is 0 Å². The van der Waals surface area contributed by atoms with E-state index in [1.165, 1.54) is 57.8 Å². The first-order valence-electron chi connectivity index (χ1n) is 9.87.